The predicted molar refractivity (Wildman–Crippen MR) is 69.4 cm³/mol. The van der Waals surface area contributed by atoms with Crippen LogP contribution in [0.15, 0.2) is 0 Å². The molecule has 0 aromatic carbocycles. The van der Waals surface area contributed by atoms with Crippen LogP contribution in [0.1, 0.15) is 39.5 Å². The van der Waals surface area contributed by atoms with Crippen molar-refractivity contribution in [2.75, 3.05) is 11.5 Å². The first-order valence-electron chi connectivity index (χ1n) is 5.22. The van der Waals surface area contributed by atoms with Crippen LogP contribution in [-0.4, -0.2) is 30.5 Å². The Balaban J connectivity index is 1.80. The second-order valence-corrected chi connectivity index (χ2v) is 21.6. The number of unbranched alkanes of at least 4 members (excludes halogenated alkanes) is 3. The maximum atomic E-state index is 5.86. The molecule has 6 heteroatoms. The molecule has 85 valence electrons. The Kier molecular flexibility index (Phi) is 4.79. The fourth-order valence-electron chi connectivity index (χ4n) is 1.48. The molecule has 1 radical (unpaired) electrons. The minimum absolute atomic E-state index is 0.480. The van der Waals surface area contributed by atoms with Gasteiger partial charge in [0.15, 0.2) is 0 Å². The van der Waals surface area contributed by atoms with Crippen LogP contribution in [0.2, 0.25) is 0 Å². The number of hydrogen-bond acceptors (Lipinski definition) is 3. The molecule has 2 bridgehead atoms. The first kappa shape index (κ1) is 12.3. The van der Waals surface area contributed by atoms with Crippen LogP contribution in [0.5, 0.6) is 0 Å². The van der Waals surface area contributed by atoms with E-state index in [-0.39, 0.29) is 0 Å². The van der Waals surface area contributed by atoms with Gasteiger partial charge in [-0.3, -0.25) is 0 Å². The molecule has 0 spiro atoms. The van der Waals surface area contributed by atoms with E-state index in [2.05, 4.69) is 22.5 Å². The van der Waals surface area contributed by atoms with Crippen molar-refractivity contribution in [3.05, 3.63) is 0 Å². The van der Waals surface area contributed by atoms with Crippen molar-refractivity contribution in [2.24, 2.45) is 0 Å². The number of rotatable bonds is 6. The van der Waals surface area contributed by atoms with Crippen molar-refractivity contribution in [2.45, 2.75) is 39.5 Å². The summed E-state index contributed by atoms with van der Waals surface area (Å²) in [4.78, 5) is 0. The summed E-state index contributed by atoms with van der Waals surface area (Å²) < 4.78 is 11.7. The third-order valence-electron chi connectivity index (χ3n) is 2.34. The van der Waals surface area contributed by atoms with Gasteiger partial charge in [-0.1, -0.05) is 0 Å². The summed E-state index contributed by atoms with van der Waals surface area (Å²) in [5, 5.41) is 0. The molecule has 3 heterocycles. The molecule has 0 aromatic rings. The van der Waals surface area contributed by atoms with Crippen LogP contribution in [-0.2, 0) is 15.8 Å². The molecule has 2 nitrogen and oxygen atoms in total. The Morgan fingerprint density at radius 3 is 2.36 bits per heavy atom. The maximum absolute atomic E-state index is 5.86. The van der Waals surface area contributed by atoms with Crippen molar-refractivity contribution in [3.8, 4) is 0 Å². The van der Waals surface area contributed by atoms with Crippen LogP contribution in [0.25, 0.3) is 0 Å². The first-order chi connectivity index (χ1) is 6.80. The van der Waals surface area contributed by atoms with Crippen LogP contribution < -0.4 is 0 Å². The van der Waals surface area contributed by atoms with Crippen molar-refractivity contribution in [3.63, 3.8) is 0 Å². The molecule has 1 unspecified atom stereocenters. The van der Waals surface area contributed by atoms with Crippen molar-refractivity contribution in [1.82, 2.24) is 0 Å². The van der Waals surface area contributed by atoms with E-state index < -0.39 is 24.7 Å². The van der Waals surface area contributed by atoms with Gasteiger partial charge in [0.1, 0.15) is 0 Å². The average molecular weight is 369 g/mol. The molecule has 14 heavy (non-hydrogen) atoms. The van der Waals surface area contributed by atoms with Gasteiger partial charge in [0.05, 0.1) is 0 Å². The third kappa shape index (κ3) is 2.40. The van der Waals surface area contributed by atoms with E-state index in [1.54, 1.807) is 0 Å². The molecule has 1 atom stereocenters. The monoisotopic (exact) mass is 371 g/mol. The van der Waals surface area contributed by atoms with Crippen LogP contribution >= 0.6 is 14.3 Å². The van der Waals surface area contributed by atoms with Gasteiger partial charge in [-0.15, -0.1) is 0 Å². The van der Waals surface area contributed by atoms with Crippen molar-refractivity contribution in [1.29, 1.82) is 0 Å². The van der Waals surface area contributed by atoms with Gasteiger partial charge in [0.25, 0.3) is 0 Å². The summed E-state index contributed by atoms with van der Waals surface area (Å²) in [5.74, 6) is 2.64. The van der Waals surface area contributed by atoms with E-state index in [0.29, 0.717) is 10.1 Å². The van der Waals surface area contributed by atoms with Gasteiger partial charge in [0, 0.05) is 0 Å². The zero-order valence-electron chi connectivity index (χ0n) is 8.73. The van der Waals surface area contributed by atoms with Gasteiger partial charge in [-0.2, -0.15) is 0 Å². The topological polar surface area (TPSA) is 18.5 Å². The van der Waals surface area contributed by atoms with E-state index in [1.165, 1.54) is 37.2 Å². The average Bonchev–Trinajstić information content (AvgIpc) is 2.04. The standard InChI is InChI=1S/C8H18O2PS2Te/c1-3-5-6-7-8-13(4-2)11-9-14(10-11)12-11/h3-8H2,1-2H3. The van der Waals surface area contributed by atoms with Crippen LogP contribution in [0, 0.1) is 0 Å². The van der Waals surface area contributed by atoms with E-state index >= 15 is 0 Å². The summed E-state index contributed by atoms with van der Waals surface area (Å²) in [6, 6.07) is 0. The molecule has 3 fully saturated rings. The summed E-state index contributed by atoms with van der Waals surface area (Å²) >= 11 is -1.30. The molecule has 3 aliphatic heterocycles. The van der Waals surface area contributed by atoms with E-state index in [9.17, 15) is 0 Å². The molecule has 3 aliphatic rings. The summed E-state index contributed by atoms with van der Waals surface area (Å²) in [5.41, 5.74) is -1.24. The van der Waals surface area contributed by atoms with Gasteiger partial charge in [-0.25, -0.2) is 0 Å². The van der Waals surface area contributed by atoms with E-state index in [0.717, 1.165) is 0 Å². The second kappa shape index (κ2) is 5.45. The van der Waals surface area contributed by atoms with Crippen LogP contribution in [0.4, 0.5) is 0 Å². The predicted octanol–water partition coefficient (Wildman–Crippen LogP) is 3.66. The summed E-state index contributed by atoms with van der Waals surface area (Å²) in [6.45, 7) is 4.56. The quantitative estimate of drug-likeness (QED) is 0.405. The van der Waals surface area contributed by atoms with E-state index in [1.807, 2.05) is 0 Å². The molecule has 0 aliphatic carbocycles. The minimum atomic E-state index is -1.30. The molecular formula is C8H18O2PS2Te. The summed E-state index contributed by atoms with van der Waals surface area (Å²) in [7, 11) is 2.63. The molecule has 0 aromatic heterocycles. The van der Waals surface area contributed by atoms with Gasteiger partial charge in [-0.05, 0) is 0 Å². The molecule has 0 N–H and O–H groups in total. The third-order valence-corrected chi connectivity index (χ3v) is 35.4. The molecule has 3 saturated heterocycles. The fourth-order valence-corrected chi connectivity index (χ4v) is 38.4. The van der Waals surface area contributed by atoms with Crippen LogP contribution in [0.3, 0.4) is 0 Å². The van der Waals surface area contributed by atoms with E-state index in [4.69, 9.17) is 5.78 Å². The van der Waals surface area contributed by atoms with Crippen molar-refractivity contribution < 1.29 is 5.78 Å². The Hall–Kier alpha value is 1.84. The first-order valence-corrected chi connectivity index (χ1v) is 15.1. The Labute approximate surface area is 99.6 Å². The fraction of sp³-hybridized carbons (Fsp3) is 1.00. The zero-order valence-corrected chi connectivity index (χ0v) is 13.6. The Morgan fingerprint density at radius 2 is 1.93 bits per heavy atom. The molecule has 0 amide bonds. The Morgan fingerprint density at radius 1 is 1.21 bits per heavy atom. The zero-order chi connectivity index (χ0) is 10.0. The Bertz CT molecular complexity index is 248. The normalized spacial score (nSPS) is 25.3. The number of hydrogen-bond donors (Lipinski definition) is 0. The van der Waals surface area contributed by atoms with Gasteiger partial charge >= 0.3 is 100 Å². The summed E-state index contributed by atoms with van der Waals surface area (Å²) in [6.07, 6.45) is 5.50. The molecule has 0 saturated carbocycles. The van der Waals surface area contributed by atoms with Crippen molar-refractivity contribution >= 4 is 43.4 Å². The van der Waals surface area contributed by atoms with Gasteiger partial charge < -0.3 is 0 Å². The molecule has 3 rings (SSSR count). The van der Waals surface area contributed by atoms with Gasteiger partial charge in [0.2, 0.25) is 0 Å². The second-order valence-electron chi connectivity index (χ2n) is 3.39. The molecular weight excluding hydrogens is 351 g/mol. The SMILES string of the molecule is CCCCCCS(CC)=P12O[Te](O1)S2.